The van der Waals surface area contributed by atoms with Crippen LogP contribution in [0.15, 0.2) is 51.7 Å². The van der Waals surface area contributed by atoms with E-state index in [1.807, 2.05) is 55.6 Å². The number of hydrogen-bond acceptors (Lipinski definition) is 5. The molecular formula is C18H19N3O2S2. The van der Waals surface area contributed by atoms with Gasteiger partial charge in [-0.25, -0.2) is 4.98 Å². The molecule has 0 aliphatic carbocycles. The molecule has 0 fully saturated rings. The van der Waals surface area contributed by atoms with Gasteiger partial charge in [0.2, 0.25) is 5.91 Å². The van der Waals surface area contributed by atoms with E-state index in [2.05, 4.69) is 10.3 Å². The Morgan fingerprint density at radius 1 is 1.32 bits per heavy atom. The highest BCUT2D eigenvalue weighted by Gasteiger charge is 2.14. The summed E-state index contributed by atoms with van der Waals surface area (Å²) in [5.41, 5.74) is 1.72. The van der Waals surface area contributed by atoms with E-state index < -0.39 is 0 Å². The predicted molar refractivity (Wildman–Crippen MR) is 103 cm³/mol. The highest BCUT2D eigenvalue weighted by molar-refractivity contribution is 7.99. The van der Waals surface area contributed by atoms with Crippen molar-refractivity contribution in [2.24, 2.45) is 0 Å². The van der Waals surface area contributed by atoms with E-state index in [0.29, 0.717) is 21.9 Å². The average molecular weight is 374 g/mol. The third kappa shape index (κ3) is 3.93. The Balaban J connectivity index is 1.70. The van der Waals surface area contributed by atoms with Crippen molar-refractivity contribution in [1.29, 1.82) is 0 Å². The summed E-state index contributed by atoms with van der Waals surface area (Å²) in [5.74, 6) is 0.142. The molecule has 25 heavy (non-hydrogen) atoms. The number of nitrogens with zero attached hydrogens (tertiary/aromatic N) is 2. The van der Waals surface area contributed by atoms with Gasteiger partial charge >= 0.3 is 0 Å². The molecule has 0 spiro atoms. The van der Waals surface area contributed by atoms with Gasteiger partial charge in [0.25, 0.3) is 5.56 Å². The molecule has 2 aromatic heterocycles. The van der Waals surface area contributed by atoms with Crippen molar-refractivity contribution in [3.8, 4) is 0 Å². The van der Waals surface area contributed by atoms with E-state index >= 15 is 0 Å². The molecular weight excluding hydrogens is 354 g/mol. The molecule has 0 aliphatic heterocycles. The molecule has 5 nitrogen and oxygen atoms in total. The third-order valence-electron chi connectivity index (χ3n) is 3.86. The van der Waals surface area contributed by atoms with E-state index in [1.165, 1.54) is 23.1 Å². The summed E-state index contributed by atoms with van der Waals surface area (Å²) >= 11 is 2.69. The third-order valence-corrected chi connectivity index (χ3v) is 5.72. The van der Waals surface area contributed by atoms with E-state index in [-0.39, 0.29) is 23.3 Å². The van der Waals surface area contributed by atoms with Crippen LogP contribution in [0.4, 0.5) is 0 Å². The van der Waals surface area contributed by atoms with Gasteiger partial charge in [0.1, 0.15) is 4.70 Å². The first-order valence-corrected chi connectivity index (χ1v) is 9.91. The van der Waals surface area contributed by atoms with Crippen LogP contribution in [0.1, 0.15) is 25.5 Å². The second kappa shape index (κ2) is 7.84. The molecule has 3 aromatic rings. The second-order valence-corrected chi connectivity index (χ2v) is 7.43. The topological polar surface area (TPSA) is 64.0 Å². The lowest BCUT2D eigenvalue weighted by atomic mass is 10.1. The van der Waals surface area contributed by atoms with Crippen molar-refractivity contribution in [3.05, 3.63) is 57.7 Å². The summed E-state index contributed by atoms with van der Waals surface area (Å²) in [5, 5.41) is 5.42. The Bertz CT molecular complexity index is 934. The molecule has 0 saturated heterocycles. The van der Waals surface area contributed by atoms with Gasteiger partial charge in [0.15, 0.2) is 5.16 Å². The van der Waals surface area contributed by atoms with E-state index in [4.69, 9.17) is 0 Å². The molecule has 2 heterocycles. The SMILES string of the molecule is CCn1c(SCC(=O)NC(C)c2ccccc2)nc2ccsc2c1=O. The Kier molecular flexibility index (Phi) is 5.55. The molecule has 1 N–H and O–H groups in total. The van der Waals surface area contributed by atoms with E-state index in [0.717, 1.165) is 5.56 Å². The van der Waals surface area contributed by atoms with Gasteiger partial charge in [-0.3, -0.25) is 14.2 Å². The molecule has 0 radical (unpaired) electrons. The number of fused-ring (bicyclic) bond motifs is 1. The highest BCUT2D eigenvalue weighted by Crippen LogP contribution is 2.21. The minimum atomic E-state index is -0.0799. The lowest BCUT2D eigenvalue weighted by Gasteiger charge is -2.14. The van der Waals surface area contributed by atoms with Crippen LogP contribution in [0.5, 0.6) is 0 Å². The monoisotopic (exact) mass is 373 g/mol. The van der Waals surface area contributed by atoms with Crippen molar-refractivity contribution >= 4 is 39.2 Å². The summed E-state index contributed by atoms with van der Waals surface area (Å²) in [6.45, 7) is 4.39. The van der Waals surface area contributed by atoms with Crippen LogP contribution in [0.25, 0.3) is 10.2 Å². The molecule has 3 rings (SSSR count). The second-order valence-electron chi connectivity index (χ2n) is 5.57. The van der Waals surface area contributed by atoms with Gasteiger partial charge in [-0.05, 0) is 30.9 Å². The first kappa shape index (κ1) is 17.7. The lowest BCUT2D eigenvalue weighted by molar-refractivity contribution is -0.119. The van der Waals surface area contributed by atoms with Crippen molar-refractivity contribution in [1.82, 2.24) is 14.9 Å². The molecule has 1 unspecified atom stereocenters. The van der Waals surface area contributed by atoms with Crippen LogP contribution in [0.2, 0.25) is 0 Å². The zero-order valence-electron chi connectivity index (χ0n) is 14.1. The summed E-state index contributed by atoms with van der Waals surface area (Å²) in [4.78, 5) is 29.3. The number of thioether (sulfide) groups is 1. The number of aromatic nitrogens is 2. The van der Waals surface area contributed by atoms with Gasteiger partial charge in [-0.15, -0.1) is 11.3 Å². The number of benzene rings is 1. The number of carbonyl (C=O) groups excluding carboxylic acids is 1. The minimum absolute atomic E-state index is 0.0388. The normalized spacial score (nSPS) is 12.2. The number of hydrogen-bond donors (Lipinski definition) is 1. The fourth-order valence-electron chi connectivity index (χ4n) is 2.55. The quantitative estimate of drug-likeness (QED) is 0.531. The molecule has 1 amide bonds. The Morgan fingerprint density at radius 3 is 2.80 bits per heavy atom. The number of rotatable bonds is 6. The maximum absolute atomic E-state index is 12.5. The molecule has 1 atom stereocenters. The van der Waals surface area contributed by atoms with Crippen LogP contribution in [0.3, 0.4) is 0 Å². The largest absolute Gasteiger partial charge is 0.349 e. The van der Waals surface area contributed by atoms with E-state index in [9.17, 15) is 9.59 Å². The molecule has 130 valence electrons. The first-order chi connectivity index (χ1) is 12.1. The number of thiophene rings is 1. The molecule has 7 heteroatoms. The van der Waals surface area contributed by atoms with Gasteiger partial charge in [0, 0.05) is 6.54 Å². The maximum Gasteiger partial charge on any atom is 0.272 e. The average Bonchev–Trinajstić information content (AvgIpc) is 3.09. The number of carbonyl (C=O) groups is 1. The van der Waals surface area contributed by atoms with E-state index in [1.54, 1.807) is 4.57 Å². The summed E-state index contributed by atoms with van der Waals surface area (Å²) in [7, 11) is 0. The zero-order chi connectivity index (χ0) is 17.8. The van der Waals surface area contributed by atoms with Gasteiger partial charge in [-0.2, -0.15) is 0 Å². The van der Waals surface area contributed by atoms with Crippen LogP contribution < -0.4 is 10.9 Å². The van der Waals surface area contributed by atoms with Crippen molar-refractivity contribution < 1.29 is 4.79 Å². The fraction of sp³-hybridized carbons (Fsp3) is 0.278. The fourth-order valence-corrected chi connectivity index (χ4v) is 4.20. The Morgan fingerprint density at radius 2 is 2.08 bits per heavy atom. The smallest absolute Gasteiger partial charge is 0.272 e. The van der Waals surface area contributed by atoms with Crippen LogP contribution in [-0.2, 0) is 11.3 Å². The van der Waals surface area contributed by atoms with Crippen LogP contribution in [0, 0.1) is 0 Å². The molecule has 0 bridgehead atoms. The minimum Gasteiger partial charge on any atom is -0.349 e. The summed E-state index contributed by atoms with van der Waals surface area (Å²) < 4.78 is 2.28. The Labute approximate surface area is 154 Å². The van der Waals surface area contributed by atoms with Crippen molar-refractivity contribution in [2.45, 2.75) is 31.6 Å². The highest BCUT2D eigenvalue weighted by atomic mass is 32.2. The summed E-state index contributed by atoms with van der Waals surface area (Å²) in [6, 6.07) is 11.6. The predicted octanol–water partition coefficient (Wildman–Crippen LogP) is 3.45. The first-order valence-electron chi connectivity index (χ1n) is 8.05. The van der Waals surface area contributed by atoms with Crippen molar-refractivity contribution in [3.63, 3.8) is 0 Å². The van der Waals surface area contributed by atoms with Crippen molar-refractivity contribution in [2.75, 3.05) is 5.75 Å². The van der Waals surface area contributed by atoms with Crippen LogP contribution >= 0.6 is 23.1 Å². The van der Waals surface area contributed by atoms with Gasteiger partial charge in [0.05, 0.1) is 17.3 Å². The summed E-state index contributed by atoms with van der Waals surface area (Å²) in [6.07, 6.45) is 0. The molecule has 1 aromatic carbocycles. The maximum atomic E-state index is 12.5. The standard InChI is InChI=1S/C18H19N3O2S2/c1-3-21-17(23)16-14(9-10-24-16)20-18(21)25-11-15(22)19-12(2)13-7-5-4-6-8-13/h4-10,12H,3,11H2,1-2H3,(H,19,22). The van der Waals surface area contributed by atoms with Gasteiger partial charge < -0.3 is 5.32 Å². The number of nitrogens with one attached hydrogen (secondary N) is 1. The lowest BCUT2D eigenvalue weighted by Crippen LogP contribution is -2.29. The van der Waals surface area contributed by atoms with Gasteiger partial charge in [-0.1, -0.05) is 42.1 Å². The molecule has 0 aliphatic rings. The Hall–Kier alpha value is -2.12. The zero-order valence-corrected chi connectivity index (χ0v) is 15.7. The number of amides is 1. The van der Waals surface area contributed by atoms with Crippen LogP contribution in [-0.4, -0.2) is 21.2 Å². The molecule has 0 saturated carbocycles.